The second kappa shape index (κ2) is 7.36. The Kier molecular flexibility index (Phi) is 5.38. The van der Waals surface area contributed by atoms with Crippen molar-refractivity contribution in [3.8, 4) is 0 Å². The van der Waals surface area contributed by atoms with Crippen molar-refractivity contribution in [1.29, 1.82) is 0 Å². The van der Waals surface area contributed by atoms with Gasteiger partial charge in [-0.25, -0.2) is 12.8 Å². The van der Waals surface area contributed by atoms with Gasteiger partial charge in [-0.15, -0.1) is 10.2 Å². The molecule has 2 aromatic rings. The van der Waals surface area contributed by atoms with Gasteiger partial charge in [-0.05, 0) is 23.8 Å². The van der Waals surface area contributed by atoms with E-state index in [1.807, 2.05) is 4.57 Å². The summed E-state index contributed by atoms with van der Waals surface area (Å²) >= 11 is 6.07. The Morgan fingerprint density at radius 1 is 1.32 bits per heavy atom. The number of hydrogen-bond acceptors (Lipinski definition) is 5. The molecule has 0 aliphatic carbocycles. The average molecular weight is 389 g/mol. The van der Waals surface area contributed by atoms with Crippen LogP contribution in [0.1, 0.15) is 17.2 Å². The second-order valence-corrected chi connectivity index (χ2v) is 8.20. The van der Waals surface area contributed by atoms with Gasteiger partial charge in [0, 0.05) is 24.5 Å². The number of rotatable bonds is 5. The van der Waals surface area contributed by atoms with Gasteiger partial charge in [0.05, 0.1) is 26.0 Å². The molecule has 0 bridgehead atoms. The van der Waals surface area contributed by atoms with E-state index in [0.717, 1.165) is 12.1 Å². The molecule has 0 fully saturated rings. The Bertz CT molecular complexity index is 872. The van der Waals surface area contributed by atoms with Crippen molar-refractivity contribution in [3.63, 3.8) is 0 Å². The lowest BCUT2D eigenvalue weighted by Gasteiger charge is -2.20. The Hall–Kier alpha value is -1.55. The highest BCUT2D eigenvalue weighted by molar-refractivity contribution is 7.88. The topological polar surface area (TPSA) is 77.3 Å². The van der Waals surface area contributed by atoms with Gasteiger partial charge in [0.15, 0.2) is 0 Å². The summed E-state index contributed by atoms with van der Waals surface area (Å²) in [7, 11) is -3.56. The maximum absolute atomic E-state index is 13.5. The van der Waals surface area contributed by atoms with Crippen LogP contribution in [0.4, 0.5) is 4.39 Å². The fourth-order valence-electron chi connectivity index (χ4n) is 2.66. The van der Waals surface area contributed by atoms with Gasteiger partial charge in [0.25, 0.3) is 0 Å². The van der Waals surface area contributed by atoms with E-state index in [9.17, 15) is 12.8 Å². The summed E-state index contributed by atoms with van der Waals surface area (Å²) in [5, 5.41) is 8.54. The standard InChI is InChI=1S/C15H18ClFN4O3S/c1-25(22,23)20(9-11-8-12(17)2-3-13(11)16)10-15-19-18-14-4-6-24-7-5-21(14)15/h2-3,8H,4-7,9-10H2,1H3. The number of hydrogen-bond donors (Lipinski definition) is 0. The zero-order valence-corrected chi connectivity index (χ0v) is 15.2. The molecule has 10 heteroatoms. The van der Waals surface area contributed by atoms with Gasteiger partial charge in [-0.2, -0.15) is 4.31 Å². The highest BCUT2D eigenvalue weighted by atomic mass is 35.5. The van der Waals surface area contributed by atoms with Crippen LogP contribution in [0.3, 0.4) is 0 Å². The van der Waals surface area contributed by atoms with E-state index in [2.05, 4.69) is 10.2 Å². The van der Waals surface area contributed by atoms with Crippen LogP contribution in [-0.4, -0.2) is 47.0 Å². The lowest BCUT2D eigenvalue weighted by atomic mass is 10.2. The average Bonchev–Trinajstić information content (AvgIpc) is 2.77. The van der Waals surface area contributed by atoms with Crippen LogP contribution >= 0.6 is 11.6 Å². The highest BCUT2D eigenvalue weighted by Crippen LogP contribution is 2.21. The quantitative estimate of drug-likeness (QED) is 0.777. The van der Waals surface area contributed by atoms with Gasteiger partial charge in [0.2, 0.25) is 10.0 Å². The molecule has 136 valence electrons. The first kappa shape index (κ1) is 18.2. The van der Waals surface area contributed by atoms with E-state index in [-0.39, 0.29) is 13.1 Å². The number of benzene rings is 1. The second-order valence-electron chi connectivity index (χ2n) is 5.81. The predicted molar refractivity (Wildman–Crippen MR) is 90.0 cm³/mol. The Balaban J connectivity index is 1.88. The molecule has 1 aliphatic heterocycles. The van der Waals surface area contributed by atoms with Crippen LogP contribution in [0, 0.1) is 5.82 Å². The highest BCUT2D eigenvalue weighted by Gasteiger charge is 2.23. The molecule has 1 aliphatic rings. The van der Waals surface area contributed by atoms with E-state index >= 15 is 0 Å². The smallest absolute Gasteiger partial charge is 0.211 e. The van der Waals surface area contributed by atoms with E-state index in [1.165, 1.54) is 22.5 Å². The summed E-state index contributed by atoms with van der Waals surface area (Å²) in [5.74, 6) is 0.824. The molecule has 0 saturated carbocycles. The maximum Gasteiger partial charge on any atom is 0.211 e. The first-order valence-corrected chi connectivity index (χ1v) is 9.95. The molecule has 0 amide bonds. The fourth-order valence-corrected chi connectivity index (χ4v) is 3.56. The molecule has 7 nitrogen and oxygen atoms in total. The number of sulfonamides is 1. The van der Waals surface area contributed by atoms with Crippen molar-refractivity contribution >= 4 is 21.6 Å². The normalized spacial score (nSPS) is 15.2. The van der Waals surface area contributed by atoms with E-state index in [0.29, 0.717) is 42.6 Å². The molecule has 1 aromatic heterocycles. The Morgan fingerprint density at radius 2 is 2.12 bits per heavy atom. The SMILES string of the molecule is CS(=O)(=O)N(Cc1cc(F)ccc1Cl)Cc1nnc2n1CCOCC2. The Morgan fingerprint density at radius 3 is 2.88 bits per heavy atom. The van der Waals surface area contributed by atoms with Crippen LogP contribution in [0.5, 0.6) is 0 Å². The fraction of sp³-hybridized carbons (Fsp3) is 0.467. The number of ether oxygens (including phenoxy) is 1. The van der Waals surface area contributed by atoms with E-state index in [1.54, 1.807) is 0 Å². The van der Waals surface area contributed by atoms with Gasteiger partial charge < -0.3 is 9.30 Å². The lowest BCUT2D eigenvalue weighted by molar-refractivity contribution is 0.139. The van der Waals surface area contributed by atoms with E-state index < -0.39 is 15.8 Å². The van der Waals surface area contributed by atoms with Crippen LogP contribution in [-0.2, 0) is 40.8 Å². The molecule has 1 aromatic carbocycles. The zero-order chi connectivity index (χ0) is 18.0. The summed E-state index contributed by atoms with van der Waals surface area (Å²) in [4.78, 5) is 0. The number of nitrogens with zero attached hydrogens (tertiary/aromatic N) is 4. The third-order valence-electron chi connectivity index (χ3n) is 3.97. The maximum atomic E-state index is 13.5. The molecule has 0 radical (unpaired) electrons. The molecule has 0 unspecified atom stereocenters. The largest absolute Gasteiger partial charge is 0.379 e. The molecule has 0 atom stereocenters. The van der Waals surface area contributed by atoms with Crippen LogP contribution in [0.25, 0.3) is 0 Å². The molecule has 2 heterocycles. The van der Waals surface area contributed by atoms with Crippen molar-refractivity contribution in [1.82, 2.24) is 19.1 Å². The number of fused-ring (bicyclic) bond motifs is 1. The molecular weight excluding hydrogens is 371 g/mol. The first-order valence-electron chi connectivity index (χ1n) is 7.72. The summed E-state index contributed by atoms with van der Waals surface area (Å²) in [6.07, 6.45) is 1.73. The van der Waals surface area contributed by atoms with Crippen molar-refractivity contribution in [2.45, 2.75) is 26.1 Å². The van der Waals surface area contributed by atoms with Gasteiger partial charge >= 0.3 is 0 Å². The number of halogens is 2. The van der Waals surface area contributed by atoms with Crippen LogP contribution in [0.15, 0.2) is 18.2 Å². The Labute approximate surface area is 150 Å². The zero-order valence-electron chi connectivity index (χ0n) is 13.7. The minimum Gasteiger partial charge on any atom is -0.379 e. The van der Waals surface area contributed by atoms with Crippen LogP contribution < -0.4 is 0 Å². The molecular formula is C15H18ClFN4O3S. The third kappa shape index (κ3) is 4.35. The molecule has 0 N–H and O–H groups in total. The first-order chi connectivity index (χ1) is 11.8. The molecule has 25 heavy (non-hydrogen) atoms. The molecule has 0 spiro atoms. The summed E-state index contributed by atoms with van der Waals surface area (Å²) in [6, 6.07) is 3.88. The molecule has 3 rings (SSSR count). The van der Waals surface area contributed by atoms with Crippen LogP contribution in [0.2, 0.25) is 5.02 Å². The monoisotopic (exact) mass is 388 g/mol. The van der Waals surface area contributed by atoms with Crippen molar-refractivity contribution in [2.75, 3.05) is 19.5 Å². The van der Waals surface area contributed by atoms with Gasteiger partial charge in [-0.3, -0.25) is 0 Å². The summed E-state index contributed by atoms with van der Waals surface area (Å²) in [6.45, 7) is 1.63. The minimum absolute atomic E-state index is 0.0265. The summed E-state index contributed by atoms with van der Waals surface area (Å²) < 4.78 is 46.4. The predicted octanol–water partition coefficient (Wildman–Crippen LogP) is 1.61. The minimum atomic E-state index is -3.56. The van der Waals surface area contributed by atoms with Crippen molar-refractivity contribution < 1.29 is 17.5 Å². The third-order valence-corrected chi connectivity index (χ3v) is 5.54. The van der Waals surface area contributed by atoms with Crippen molar-refractivity contribution in [3.05, 3.63) is 46.3 Å². The lowest BCUT2D eigenvalue weighted by Crippen LogP contribution is -2.30. The van der Waals surface area contributed by atoms with E-state index in [4.69, 9.17) is 16.3 Å². The summed E-state index contributed by atoms with van der Waals surface area (Å²) in [5.41, 5.74) is 0.394. The number of aromatic nitrogens is 3. The van der Waals surface area contributed by atoms with Gasteiger partial charge in [-0.1, -0.05) is 11.6 Å². The van der Waals surface area contributed by atoms with Crippen molar-refractivity contribution in [2.24, 2.45) is 0 Å². The molecule has 0 saturated heterocycles. The van der Waals surface area contributed by atoms with Gasteiger partial charge in [0.1, 0.15) is 17.5 Å².